The number of carbonyl (C=O) groups excluding carboxylic acids is 1. The predicted molar refractivity (Wildman–Crippen MR) is 83.0 cm³/mol. The van der Waals surface area contributed by atoms with E-state index in [2.05, 4.69) is 0 Å². The predicted octanol–water partition coefficient (Wildman–Crippen LogP) is 1.52. The molecule has 0 aliphatic rings. The molecular weight excluding hydrogens is 488 g/mol. The highest BCUT2D eigenvalue weighted by atomic mass is 127. The van der Waals surface area contributed by atoms with E-state index in [-0.39, 0.29) is 11.3 Å². The number of ether oxygens (including phenoxy) is 1. The third-order valence-electron chi connectivity index (χ3n) is 1.89. The van der Waals surface area contributed by atoms with Crippen LogP contribution < -0.4 is 5.73 Å². The minimum Gasteiger partial charge on any atom is -0.461 e. The second-order valence-corrected chi connectivity index (χ2v) is 7.25. The molecule has 0 heterocycles. The molecule has 1 aromatic carbocycles. The Labute approximate surface area is 131 Å². The monoisotopic (exact) mass is 497 g/mol. The maximum absolute atomic E-state index is 11.7. The quantitative estimate of drug-likeness (QED) is 0.283. The Morgan fingerprint density at radius 3 is 2.56 bits per heavy atom. The van der Waals surface area contributed by atoms with Crippen LogP contribution in [0.4, 0.5) is 5.69 Å². The van der Waals surface area contributed by atoms with Crippen LogP contribution in [0.3, 0.4) is 0 Å². The van der Waals surface area contributed by atoms with Crippen molar-refractivity contribution < 1.29 is 22.5 Å². The van der Waals surface area contributed by atoms with E-state index in [4.69, 9.17) is 15.0 Å². The zero-order chi connectivity index (χ0) is 13.9. The van der Waals surface area contributed by atoms with E-state index in [1.54, 1.807) is 12.1 Å². The fourth-order valence-corrected chi connectivity index (χ4v) is 3.21. The van der Waals surface area contributed by atoms with Gasteiger partial charge in [0.1, 0.15) is 12.4 Å². The molecule has 0 radical (unpaired) electrons. The highest BCUT2D eigenvalue weighted by Gasteiger charge is 2.15. The molecule has 0 spiro atoms. The van der Waals surface area contributed by atoms with Gasteiger partial charge in [0.15, 0.2) is 0 Å². The summed E-state index contributed by atoms with van der Waals surface area (Å²) in [5, 5.41) is 0. The van der Waals surface area contributed by atoms with Crippen LogP contribution in [-0.4, -0.2) is 31.3 Å². The molecule has 0 aliphatic carbocycles. The molecule has 0 unspecified atom stereocenters. The molecule has 3 N–H and O–H groups in total. The van der Waals surface area contributed by atoms with Crippen LogP contribution in [0.15, 0.2) is 12.1 Å². The van der Waals surface area contributed by atoms with Crippen molar-refractivity contribution in [3.8, 4) is 0 Å². The van der Waals surface area contributed by atoms with E-state index >= 15 is 0 Å². The van der Waals surface area contributed by atoms with Crippen LogP contribution in [-0.2, 0) is 14.9 Å². The minimum atomic E-state index is -4.14. The van der Waals surface area contributed by atoms with Crippen LogP contribution in [0.5, 0.6) is 0 Å². The van der Waals surface area contributed by atoms with E-state index in [9.17, 15) is 13.2 Å². The molecule has 0 atom stereocenters. The van der Waals surface area contributed by atoms with Gasteiger partial charge in [0.2, 0.25) is 0 Å². The molecule has 1 rings (SSSR count). The summed E-state index contributed by atoms with van der Waals surface area (Å²) < 4.78 is 35.7. The van der Waals surface area contributed by atoms with Gasteiger partial charge < -0.3 is 10.5 Å². The zero-order valence-electron chi connectivity index (χ0n) is 8.89. The Hall–Kier alpha value is -0.140. The van der Waals surface area contributed by atoms with Crippen LogP contribution in [0.1, 0.15) is 10.4 Å². The summed E-state index contributed by atoms with van der Waals surface area (Å²) in [5.41, 5.74) is 6.20. The summed E-state index contributed by atoms with van der Waals surface area (Å²) >= 11 is 4.01. The summed E-state index contributed by atoms with van der Waals surface area (Å²) in [7, 11) is -4.14. The Kier molecular flexibility index (Phi) is 5.61. The summed E-state index contributed by atoms with van der Waals surface area (Å²) in [6.07, 6.45) is 0. The molecule has 0 amide bonds. The van der Waals surface area contributed by atoms with Crippen molar-refractivity contribution in [2.24, 2.45) is 0 Å². The van der Waals surface area contributed by atoms with Crippen LogP contribution in [0.2, 0.25) is 0 Å². The van der Waals surface area contributed by atoms with E-state index in [1.807, 2.05) is 45.2 Å². The van der Waals surface area contributed by atoms with Gasteiger partial charge in [-0.2, -0.15) is 8.42 Å². The minimum absolute atomic E-state index is 0.182. The number of nitrogen functional groups attached to an aromatic ring is 1. The molecular formula is C9H9I2NO5S. The Bertz CT molecular complexity index is 573. The Morgan fingerprint density at radius 1 is 1.39 bits per heavy atom. The summed E-state index contributed by atoms with van der Waals surface area (Å²) in [5.74, 6) is -1.35. The van der Waals surface area contributed by atoms with E-state index in [0.29, 0.717) is 3.57 Å². The lowest BCUT2D eigenvalue weighted by Gasteiger charge is -2.08. The molecule has 1 aromatic rings. The maximum Gasteiger partial charge on any atom is 0.340 e. The van der Waals surface area contributed by atoms with Crippen molar-refractivity contribution in [1.29, 1.82) is 0 Å². The lowest BCUT2D eigenvalue weighted by Crippen LogP contribution is -2.16. The topological polar surface area (TPSA) is 107 Å². The highest BCUT2D eigenvalue weighted by molar-refractivity contribution is 14.1. The fourth-order valence-electron chi connectivity index (χ4n) is 1.07. The molecule has 100 valence electrons. The third-order valence-corrected chi connectivity index (χ3v) is 4.09. The average Bonchev–Trinajstić information content (AvgIpc) is 2.21. The first-order valence-corrected chi connectivity index (χ1v) is 8.34. The molecule has 18 heavy (non-hydrogen) atoms. The van der Waals surface area contributed by atoms with Crippen LogP contribution in [0, 0.1) is 7.14 Å². The molecule has 0 aromatic heterocycles. The van der Waals surface area contributed by atoms with Crippen molar-refractivity contribution in [2.45, 2.75) is 0 Å². The average molecular weight is 497 g/mol. The first-order valence-electron chi connectivity index (χ1n) is 4.57. The molecule has 0 aliphatic heterocycles. The SMILES string of the molecule is Nc1c(I)cc(I)cc1C(=O)OCCS(=O)(=O)O. The number of anilines is 1. The second kappa shape index (κ2) is 6.34. The number of esters is 1. The van der Waals surface area contributed by atoms with E-state index < -0.39 is 28.4 Å². The molecule has 0 bridgehead atoms. The molecule has 0 saturated heterocycles. The van der Waals surface area contributed by atoms with Gasteiger partial charge in [-0.15, -0.1) is 0 Å². The van der Waals surface area contributed by atoms with Crippen LogP contribution in [0.25, 0.3) is 0 Å². The number of rotatable bonds is 4. The molecule has 9 heteroatoms. The standard InChI is InChI=1S/C9H9I2NO5S/c10-5-3-6(8(12)7(11)4-5)9(13)17-1-2-18(14,15)16/h3-4H,1-2,12H2,(H,14,15,16). The normalized spacial score (nSPS) is 11.3. The first kappa shape index (κ1) is 15.9. The van der Waals surface area contributed by atoms with Gasteiger partial charge in [-0.3, -0.25) is 4.55 Å². The number of halogens is 2. The van der Waals surface area contributed by atoms with Crippen molar-refractivity contribution in [3.05, 3.63) is 24.8 Å². The van der Waals surface area contributed by atoms with Crippen LogP contribution >= 0.6 is 45.2 Å². The maximum atomic E-state index is 11.7. The van der Waals surface area contributed by atoms with Crippen molar-refractivity contribution in [3.63, 3.8) is 0 Å². The third kappa shape index (κ3) is 4.85. The van der Waals surface area contributed by atoms with Gasteiger partial charge in [0, 0.05) is 7.14 Å². The first-order chi connectivity index (χ1) is 8.20. The van der Waals surface area contributed by atoms with Gasteiger partial charge in [0.05, 0.1) is 11.3 Å². The highest BCUT2D eigenvalue weighted by Crippen LogP contribution is 2.23. The molecule has 0 fully saturated rings. The van der Waals surface area contributed by atoms with E-state index in [1.165, 1.54) is 0 Å². The number of benzene rings is 1. The largest absolute Gasteiger partial charge is 0.461 e. The van der Waals surface area contributed by atoms with Gasteiger partial charge in [-0.1, -0.05) is 0 Å². The summed E-state index contributed by atoms with van der Waals surface area (Å²) in [6.45, 7) is -0.418. The summed E-state index contributed by atoms with van der Waals surface area (Å²) in [4.78, 5) is 11.7. The van der Waals surface area contributed by atoms with Gasteiger partial charge in [0.25, 0.3) is 10.1 Å². The lowest BCUT2D eigenvalue weighted by molar-refractivity contribution is 0.0529. The zero-order valence-corrected chi connectivity index (χ0v) is 14.0. The second-order valence-electron chi connectivity index (χ2n) is 3.27. The van der Waals surface area contributed by atoms with E-state index in [0.717, 1.165) is 3.57 Å². The summed E-state index contributed by atoms with van der Waals surface area (Å²) in [6, 6.07) is 3.35. The van der Waals surface area contributed by atoms with Crippen molar-refractivity contribution in [2.75, 3.05) is 18.1 Å². The number of hydrogen-bond donors (Lipinski definition) is 2. The number of carbonyl (C=O) groups is 1. The molecule has 0 saturated carbocycles. The van der Waals surface area contributed by atoms with Gasteiger partial charge >= 0.3 is 5.97 Å². The van der Waals surface area contributed by atoms with Crippen molar-refractivity contribution in [1.82, 2.24) is 0 Å². The Balaban J connectivity index is 2.79. The molecule has 6 nitrogen and oxygen atoms in total. The lowest BCUT2D eigenvalue weighted by atomic mass is 10.2. The smallest absolute Gasteiger partial charge is 0.340 e. The van der Waals surface area contributed by atoms with Gasteiger partial charge in [-0.25, -0.2) is 4.79 Å². The van der Waals surface area contributed by atoms with Gasteiger partial charge in [-0.05, 0) is 57.3 Å². The number of hydrogen-bond acceptors (Lipinski definition) is 5. The van der Waals surface area contributed by atoms with Crippen molar-refractivity contribution >= 4 is 67.0 Å². The number of nitrogens with two attached hydrogens (primary N) is 1. The fraction of sp³-hybridized carbons (Fsp3) is 0.222. The Morgan fingerprint density at radius 2 is 2.00 bits per heavy atom.